The summed E-state index contributed by atoms with van der Waals surface area (Å²) in [5.41, 5.74) is -0.764. The van der Waals surface area contributed by atoms with Gasteiger partial charge in [0.2, 0.25) is 0 Å². The molecule has 2 N–H and O–H groups in total. The number of rotatable bonds is 5. The summed E-state index contributed by atoms with van der Waals surface area (Å²) in [6.45, 7) is 3.17. The minimum absolute atomic E-state index is 0.389. The molecule has 0 spiro atoms. The molecule has 2 rings (SSSR count). The molecular formula is C12H14F3N5S. The zero-order valence-corrected chi connectivity index (χ0v) is 12.1. The maximum atomic E-state index is 12.4. The van der Waals surface area contributed by atoms with Gasteiger partial charge in [-0.1, -0.05) is 0 Å². The van der Waals surface area contributed by atoms with Crippen LogP contribution in [0.25, 0.3) is 0 Å². The first-order chi connectivity index (χ1) is 9.91. The number of aromatic nitrogens is 4. The van der Waals surface area contributed by atoms with Crippen molar-refractivity contribution >= 4 is 18.0 Å². The minimum atomic E-state index is -4.37. The van der Waals surface area contributed by atoms with Crippen LogP contribution in [-0.4, -0.2) is 26.3 Å². The van der Waals surface area contributed by atoms with Gasteiger partial charge in [0.1, 0.15) is 11.6 Å². The van der Waals surface area contributed by atoms with Gasteiger partial charge in [-0.3, -0.25) is 5.10 Å². The van der Waals surface area contributed by atoms with Crippen LogP contribution >= 0.6 is 12.2 Å². The number of H-pyrrole nitrogens is 1. The van der Waals surface area contributed by atoms with Crippen molar-refractivity contribution in [3.63, 3.8) is 0 Å². The lowest BCUT2D eigenvalue weighted by Crippen LogP contribution is -2.11. The lowest BCUT2D eigenvalue weighted by atomic mass is 10.3. The quantitative estimate of drug-likeness (QED) is 0.832. The zero-order valence-electron chi connectivity index (χ0n) is 11.2. The summed E-state index contributed by atoms with van der Waals surface area (Å²) in [5, 5.41) is 9.76. The highest BCUT2D eigenvalue weighted by Crippen LogP contribution is 2.28. The largest absolute Gasteiger partial charge is 0.417 e. The van der Waals surface area contributed by atoms with Gasteiger partial charge in [0.15, 0.2) is 4.77 Å². The molecule has 2 heterocycles. The van der Waals surface area contributed by atoms with Gasteiger partial charge in [0.05, 0.1) is 5.56 Å². The smallest absolute Gasteiger partial charge is 0.370 e. The standard InChI is InChI=1S/C12H14F3N5S/c1-2-20-10(18-19-11(20)21)5-6-16-9-4-3-8(7-17-9)12(13,14)15/h3-4,7H,2,5-6H2,1H3,(H,16,17)(H,19,21). The Balaban J connectivity index is 1.93. The molecule has 2 aromatic rings. The fraction of sp³-hybridized carbons (Fsp3) is 0.417. The van der Waals surface area contributed by atoms with Crippen molar-refractivity contribution in [3.8, 4) is 0 Å². The van der Waals surface area contributed by atoms with E-state index in [0.29, 0.717) is 30.1 Å². The summed E-state index contributed by atoms with van der Waals surface area (Å²) in [4.78, 5) is 3.74. The molecule has 0 unspecified atom stereocenters. The van der Waals surface area contributed by atoms with Crippen molar-refractivity contribution < 1.29 is 13.2 Å². The highest BCUT2D eigenvalue weighted by molar-refractivity contribution is 7.71. The molecule has 0 amide bonds. The number of halogens is 3. The molecule has 0 fully saturated rings. The van der Waals surface area contributed by atoms with Gasteiger partial charge in [0.25, 0.3) is 0 Å². The maximum absolute atomic E-state index is 12.4. The summed E-state index contributed by atoms with van der Waals surface area (Å²) >= 11 is 5.07. The van der Waals surface area contributed by atoms with Gasteiger partial charge in [-0.15, -0.1) is 0 Å². The highest BCUT2D eigenvalue weighted by atomic mass is 32.1. The van der Waals surface area contributed by atoms with Crippen LogP contribution in [-0.2, 0) is 19.1 Å². The van der Waals surface area contributed by atoms with Crippen molar-refractivity contribution in [1.82, 2.24) is 19.7 Å². The van der Waals surface area contributed by atoms with E-state index in [1.54, 1.807) is 0 Å². The predicted octanol–water partition coefficient (Wildman–Crippen LogP) is 3.03. The molecule has 2 aromatic heterocycles. The Bertz CT molecular complexity index is 644. The molecule has 0 bridgehead atoms. The number of aromatic amines is 1. The van der Waals surface area contributed by atoms with Crippen molar-refractivity contribution in [3.05, 3.63) is 34.5 Å². The molecule has 0 saturated heterocycles. The van der Waals surface area contributed by atoms with Crippen molar-refractivity contribution in [2.75, 3.05) is 11.9 Å². The van der Waals surface area contributed by atoms with Gasteiger partial charge in [0, 0.05) is 25.7 Å². The third-order valence-corrected chi connectivity index (χ3v) is 3.21. The summed E-state index contributed by atoms with van der Waals surface area (Å²) < 4.78 is 39.6. The average Bonchev–Trinajstić information content (AvgIpc) is 2.79. The molecular weight excluding hydrogens is 303 g/mol. The van der Waals surface area contributed by atoms with E-state index in [2.05, 4.69) is 20.5 Å². The van der Waals surface area contributed by atoms with Crippen LogP contribution in [0.5, 0.6) is 0 Å². The van der Waals surface area contributed by atoms with E-state index in [4.69, 9.17) is 12.2 Å². The second-order valence-corrected chi connectivity index (χ2v) is 4.68. The van der Waals surface area contributed by atoms with Crippen LogP contribution in [0.1, 0.15) is 18.3 Å². The molecule has 0 radical (unpaired) electrons. The van der Waals surface area contributed by atoms with E-state index >= 15 is 0 Å². The molecule has 0 aromatic carbocycles. The summed E-state index contributed by atoms with van der Waals surface area (Å²) in [7, 11) is 0. The second-order valence-electron chi connectivity index (χ2n) is 4.30. The topological polar surface area (TPSA) is 58.5 Å². The molecule has 0 atom stereocenters. The Morgan fingerprint density at radius 2 is 2.14 bits per heavy atom. The highest BCUT2D eigenvalue weighted by Gasteiger charge is 2.30. The molecule has 21 heavy (non-hydrogen) atoms. The minimum Gasteiger partial charge on any atom is -0.370 e. The molecule has 114 valence electrons. The SMILES string of the molecule is CCn1c(CCNc2ccc(C(F)(F)F)cn2)n[nH]c1=S. The van der Waals surface area contributed by atoms with E-state index < -0.39 is 11.7 Å². The first-order valence-corrected chi connectivity index (χ1v) is 6.74. The van der Waals surface area contributed by atoms with Gasteiger partial charge in [-0.2, -0.15) is 18.3 Å². The molecule has 0 aliphatic carbocycles. The summed E-state index contributed by atoms with van der Waals surface area (Å²) in [5.74, 6) is 1.18. The number of nitrogens with zero attached hydrogens (tertiary/aromatic N) is 3. The number of anilines is 1. The normalized spacial score (nSPS) is 11.6. The van der Waals surface area contributed by atoms with Crippen LogP contribution in [0.4, 0.5) is 19.0 Å². The van der Waals surface area contributed by atoms with Crippen molar-refractivity contribution in [1.29, 1.82) is 0 Å². The maximum Gasteiger partial charge on any atom is 0.417 e. The van der Waals surface area contributed by atoms with Crippen LogP contribution in [0.3, 0.4) is 0 Å². The molecule has 0 saturated carbocycles. The number of alkyl halides is 3. The fourth-order valence-electron chi connectivity index (χ4n) is 1.84. The predicted molar refractivity (Wildman–Crippen MR) is 74.5 cm³/mol. The van der Waals surface area contributed by atoms with Gasteiger partial charge in [-0.05, 0) is 31.3 Å². The fourth-order valence-corrected chi connectivity index (χ4v) is 2.12. The molecule has 0 aliphatic rings. The molecule has 0 aliphatic heterocycles. The van der Waals surface area contributed by atoms with Gasteiger partial charge >= 0.3 is 6.18 Å². The average molecular weight is 317 g/mol. The van der Waals surface area contributed by atoms with Gasteiger partial charge < -0.3 is 9.88 Å². The number of hydrogen-bond donors (Lipinski definition) is 2. The third kappa shape index (κ3) is 3.81. The zero-order chi connectivity index (χ0) is 15.5. The lowest BCUT2D eigenvalue weighted by Gasteiger charge is -2.08. The summed E-state index contributed by atoms with van der Waals surface area (Å²) in [6.07, 6.45) is -2.97. The molecule has 5 nitrogen and oxygen atoms in total. The Kier molecular flexibility index (Phi) is 4.61. The lowest BCUT2D eigenvalue weighted by molar-refractivity contribution is -0.137. The van der Waals surface area contributed by atoms with Crippen LogP contribution in [0, 0.1) is 4.77 Å². The summed E-state index contributed by atoms with van der Waals surface area (Å²) in [6, 6.07) is 2.30. The Morgan fingerprint density at radius 1 is 1.38 bits per heavy atom. The van der Waals surface area contributed by atoms with Gasteiger partial charge in [-0.25, -0.2) is 4.98 Å². The first-order valence-electron chi connectivity index (χ1n) is 6.33. The van der Waals surface area contributed by atoms with Crippen molar-refractivity contribution in [2.24, 2.45) is 0 Å². The van der Waals surface area contributed by atoms with E-state index in [1.807, 2.05) is 11.5 Å². The van der Waals surface area contributed by atoms with Crippen LogP contribution in [0.2, 0.25) is 0 Å². The number of pyridine rings is 1. The first kappa shape index (κ1) is 15.5. The third-order valence-electron chi connectivity index (χ3n) is 2.90. The van der Waals surface area contributed by atoms with E-state index in [0.717, 1.165) is 18.1 Å². The Hall–Kier alpha value is -1.90. The van der Waals surface area contributed by atoms with E-state index in [9.17, 15) is 13.2 Å². The van der Waals surface area contributed by atoms with Crippen LogP contribution in [0.15, 0.2) is 18.3 Å². The van der Waals surface area contributed by atoms with E-state index in [-0.39, 0.29) is 0 Å². The monoisotopic (exact) mass is 317 g/mol. The molecule has 9 heteroatoms. The second kappa shape index (κ2) is 6.25. The van der Waals surface area contributed by atoms with E-state index in [1.165, 1.54) is 6.07 Å². The Morgan fingerprint density at radius 3 is 2.71 bits per heavy atom. The number of hydrogen-bond acceptors (Lipinski definition) is 4. The Labute approximate surface area is 124 Å². The van der Waals surface area contributed by atoms with Crippen LogP contribution < -0.4 is 5.32 Å². The van der Waals surface area contributed by atoms with Crippen molar-refractivity contribution in [2.45, 2.75) is 26.1 Å². The number of nitrogens with one attached hydrogen (secondary N) is 2.